The number of hydrogen-bond donors (Lipinski definition) is 2. The molecule has 1 amide bonds. The van der Waals surface area contributed by atoms with Crippen molar-refractivity contribution in [2.75, 3.05) is 7.11 Å². The summed E-state index contributed by atoms with van der Waals surface area (Å²) in [7, 11) is 1.25. The molecule has 0 atom stereocenters. The zero-order valence-electron chi connectivity index (χ0n) is 13.1. The first kappa shape index (κ1) is 17.9. The van der Waals surface area contributed by atoms with Crippen LogP contribution in [-0.2, 0) is 11.2 Å². The van der Waals surface area contributed by atoms with E-state index in [1.165, 1.54) is 31.4 Å². The SMILES string of the molecule is COc1cc([N+](=O)[O-])cc(/C=N/NC(=O)Cc2ccc(F)cc2)c1O. The number of aromatic hydroxyl groups is 1. The summed E-state index contributed by atoms with van der Waals surface area (Å²) < 4.78 is 17.7. The van der Waals surface area contributed by atoms with Gasteiger partial charge in [0.15, 0.2) is 11.5 Å². The first-order chi connectivity index (χ1) is 11.9. The van der Waals surface area contributed by atoms with E-state index in [-0.39, 0.29) is 29.2 Å². The third-order valence-electron chi connectivity index (χ3n) is 3.19. The van der Waals surface area contributed by atoms with Crippen molar-refractivity contribution >= 4 is 17.8 Å². The van der Waals surface area contributed by atoms with E-state index < -0.39 is 16.6 Å². The number of nitro groups is 1. The van der Waals surface area contributed by atoms with Crippen molar-refractivity contribution < 1.29 is 24.0 Å². The van der Waals surface area contributed by atoms with Crippen molar-refractivity contribution in [1.82, 2.24) is 5.43 Å². The molecule has 0 aliphatic heterocycles. The Labute approximate surface area is 141 Å². The van der Waals surface area contributed by atoms with Crippen molar-refractivity contribution in [3.8, 4) is 11.5 Å². The number of nitrogens with zero attached hydrogens (tertiary/aromatic N) is 2. The molecule has 0 heterocycles. The zero-order valence-corrected chi connectivity index (χ0v) is 13.1. The van der Waals surface area contributed by atoms with Crippen molar-refractivity contribution in [1.29, 1.82) is 0 Å². The molecule has 130 valence electrons. The molecule has 2 rings (SSSR count). The van der Waals surface area contributed by atoms with Gasteiger partial charge < -0.3 is 9.84 Å². The lowest BCUT2D eigenvalue weighted by Crippen LogP contribution is -2.19. The maximum Gasteiger partial charge on any atom is 0.274 e. The largest absolute Gasteiger partial charge is 0.504 e. The first-order valence-electron chi connectivity index (χ1n) is 7.02. The number of phenolic OH excluding ortho intramolecular Hbond substituents is 1. The van der Waals surface area contributed by atoms with Crippen LogP contribution >= 0.6 is 0 Å². The molecule has 8 nitrogen and oxygen atoms in total. The van der Waals surface area contributed by atoms with E-state index in [9.17, 15) is 24.4 Å². The number of carbonyl (C=O) groups excluding carboxylic acids is 1. The Hall–Kier alpha value is -3.49. The highest BCUT2D eigenvalue weighted by Gasteiger charge is 2.15. The van der Waals surface area contributed by atoms with Crippen molar-refractivity contribution in [2.45, 2.75) is 6.42 Å². The summed E-state index contributed by atoms with van der Waals surface area (Å²) >= 11 is 0. The molecule has 0 aliphatic carbocycles. The number of methoxy groups -OCH3 is 1. The lowest BCUT2D eigenvalue weighted by atomic mass is 10.1. The second-order valence-corrected chi connectivity index (χ2v) is 4.94. The van der Waals surface area contributed by atoms with E-state index in [2.05, 4.69) is 10.5 Å². The highest BCUT2D eigenvalue weighted by molar-refractivity contribution is 5.87. The summed E-state index contributed by atoms with van der Waals surface area (Å²) in [5.41, 5.74) is 2.52. The standard InChI is InChI=1S/C16H14FN3O5/c1-25-14-8-13(20(23)24)7-11(16(14)22)9-18-19-15(21)6-10-2-4-12(17)5-3-10/h2-5,7-9,22H,6H2,1H3,(H,19,21)/b18-9+. The normalized spacial score (nSPS) is 10.6. The summed E-state index contributed by atoms with van der Waals surface area (Å²) in [4.78, 5) is 22.0. The summed E-state index contributed by atoms with van der Waals surface area (Å²) in [6.45, 7) is 0. The van der Waals surface area contributed by atoms with Gasteiger partial charge in [-0.1, -0.05) is 12.1 Å². The van der Waals surface area contributed by atoms with Gasteiger partial charge in [-0.2, -0.15) is 5.10 Å². The van der Waals surface area contributed by atoms with E-state index in [1.807, 2.05) is 0 Å². The maximum atomic E-state index is 12.8. The molecule has 2 aromatic rings. The second kappa shape index (κ2) is 7.86. The van der Waals surface area contributed by atoms with Crippen LogP contribution in [0.25, 0.3) is 0 Å². The fraction of sp³-hybridized carbons (Fsp3) is 0.125. The number of rotatable bonds is 6. The molecular formula is C16H14FN3O5. The average Bonchev–Trinajstić information content (AvgIpc) is 2.58. The Balaban J connectivity index is 2.08. The van der Waals surface area contributed by atoms with Crippen LogP contribution in [-0.4, -0.2) is 29.3 Å². The van der Waals surface area contributed by atoms with E-state index in [4.69, 9.17) is 4.74 Å². The minimum atomic E-state index is -0.646. The predicted molar refractivity (Wildman–Crippen MR) is 87.2 cm³/mol. The fourth-order valence-electron chi connectivity index (χ4n) is 1.97. The van der Waals surface area contributed by atoms with Gasteiger partial charge in [0, 0.05) is 11.6 Å². The highest BCUT2D eigenvalue weighted by Crippen LogP contribution is 2.33. The number of hydrazone groups is 1. The molecule has 2 N–H and O–H groups in total. The Morgan fingerprint density at radius 3 is 2.68 bits per heavy atom. The number of halogens is 1. The van der Waals surface area contributed by atoms with Crippen LogP contribution in [0.3, 0.4) is 0 Å². The third kappa shape index (κ3) is 4.74. The monoisotopic (exact) mass is 347 g/mol. The topological polar surface area (TPSA) is 114 Å². The second-order valence-electron chi connectivity index (χ2n) is 4.94. The molecule has 0 fully saturated rings. The highest BCUT2D eigenvalue weighted by atomic mass is 19.1. The molecule has 0 radical (unpaired) electrons. The van der Waals surface area contributed by atoms with Gasteiger partial charge in [-0.25, -0.2) is 9.82 Å². The van der Waals surface area contributed by atoms with Gasteiger partial charge in [0.1, 0.15) is 5.82 Å². The first-order valence-corrected chi connectivity index (χ1v) is 7.02. The quantitative estimate of drug-likeness (QED) is 0.472. The third-order valence-corrected chi connectivity index (χ3v) is 3.19. The Kier molecular flexibility index (Phi) is 5.62. The number of amides is 1. The number of benzene rings is 2. The summed E-state index contributed by atoms with van der Waals surface area (Å²) in [5.74, 6) is -1.31. The molecule has 2 aromatic carbocycles. The van der Waals surface area contributed by atoms with Gasteiger partial charge in [0.05, 0.1) is 30.7 Å². The number of ether oxygens (including phenoxy) is 1. The van der Waals surface area contributed by atoms with Gasteiger partial charge in [-0.3, -0.25) is 14.9 Å². The van der Waals surface area contributed by atoms with Crippen molar-refractivity contribution in [2.24, 2.45) is 5.10 Å². The molecular weight excluding hydrogens is 333 g/mol. The Morgan fingerprint density at radius 1 is 1.40 bits per heavy atom. The predicted octanol–water partition coefficient (Wildman–Crippen LogP) is 2.14. The van der Waals surface area contributed by atoms with Gasteiger partial charge in [-0.15, -0.1) is 0 Å². The van der Waals surface area contributed by atoms with Crippen LogP contribution in [0.4, 0.5) is 10.1 Å². The zero-order chi connectivity index (χ0) is 18.4. The Bertz CT molecular complexity index is 821. The molecule has 0 spiro atoms. The van der Waals surface area contributed by atoms with Crippen LogP contribution in [0.5, 0.6) is 11.5 Å². The molecule has 0 saturated carbocycles. The maximum absolute atomic E-state index is 12.8. The molecule has 9 heteroatoms. The van der Waals surface area contributed by atoms with Crippen molar-refractivity contribution in [3.63, 3.8) is 0 Å². The number of phenols is 1. The molecule has 0 aromatic heterocycles. The average molecular weight is 347 g/mol. The minimum Gasteiger partial charge on any atom is -0.504 e. The van der Waals surface area contributed by atoms with Crippen LogP contribution in [0.1, 0.15) is 11.1 Å². The van der Waals surface area contributed by atoms with Gasteiger partial charge >= 0.3 is 0 Å². The van der Waals surface area contributed by atoms with Gasteiger partial charge in [0.2, 0.25) is 5.91 Å². The summed E-state index contributed by atoms with van der Waals surface area (Å²) in [6.07, 6.45) is 1.04. The summed E-state index contributed by atoms with van der Waals surface area (Å²) in [5, 5.41) is 24.5. The number of nitro benzene ring substituents is 1. The van der Waals surface area contributed by atoms with Gasteiger partial charge in [0.25, 0.3) is 5.69 Å². The van der Waals surface area contributed by atoms with Crippen molar-refractivity contribution in [3.05, 3.63) is 63.5 Å². The smallest absolute Gasteiger partial charge is 0.274 e. The molecule has 25 heavy (non-hydrogen) atoms. The van der Waals surface area contributed by atoms with Crippen LogP contribution in [0.15, 0.2) is 41.5 Å². The molecule has 0 unspecified atom stereocenters. The van der Waals surface area contributed by atoms with Gasteiger partial charge in [-0.05, 0) is 17.7 Å². The van der Waals surface area contributed by atoms with E-state index in [0.717, 1.165) is 18.3 Å². The number of non-ortho nitro benzene ring substituents is 1. The summed E-state index contributed by atoms with van der Waals surface area (Å²) in [6, 6.07) is 7.57. The van der Waals surface area contributed by atoms with Crippen LogP contribution < -0.4 is 10.2 Å². The lowest BCUT2D eigenvalue weighted by Gasteiger charge is -2.06. The Morgan fingerprint density at radius 2 is 2.08 bits per heavy atom. The minimum absolute atomic E-state index is 0.00753. The van der Waals surface area contributed by atoms with Crippen LogP contribution in [0.2, 0.25) is 0 Å². The number of carbonyl (C=O) groups is 1. The molecule has 0 bridgehead atoms. The fourth-order valence-corrected chi connectivity index (χ4v) is 1.97. The van der Waals surface area contributed by atoms with E-state index in [0.29, 0.717) is 5.56 Å². The number of hydrogen-bond acceptors (Lipinski definition) is 6. The van der Waals surface area contributed by atoms with E-state index in [1.54, 1.807) is 0 Å². The van der Waals surface area contributed by atoms with Crippen LogP contribution in [0, 0.1) is 15.9 Å². The molecule has 0 saturated heterocycles. The van der Waals surface area contributed by atoms with E-state index >= 15 is 0 Å². The molecule has 0 aliphatic rings. The lowest BCUT2D eigenvalue weighted by molar-refractivity contribution is -0.385. The number of nitrogens with one attached hydrogen (secondary N) is 1.